The van der Waals surface area contributed by atoms with Gasteiger partial charge in [0.25, 0.3) is 11.8 Å². The second-order valence-corrected chi connectivity index (χ2v) is 6.74. The van der Waals surface area contributed by atoms with Crippen LogP contribution in [-0.4, -0.2) is 42.2 Å². The van der Waals surface area contributed by atoms with Crippen LogP contribution in [0.3, 0.4) is 0 Å². The fourth-order valence-electron chi connectivity index (χ4n) is 3.06. The molecule has 0 aromatic heterocycles. The van der Waals surface area contributed by atoms with Gasteiger partial charge in [0.05, 0.1) is 11.1 Å². The molecule has 0 aliphatic carbocycles. The Morgan fingerprint density at radius 1 is 0.897 bits per heavy atom. The molecule has 3 N–H and O–H groups in total. The van der Waals surface area contributed by atoms with Gasteiger partial charge in [-0.1, -0.05) is 11.6 Å². The number of carbonyl (C=O) groups is 4. The Morgan fingerprint density at radius 2 is 1.52 bits per heavy atom. The number of amides is 5. The zero-order valence-corrected chi connectivity index (χ0v) is 16.2. The topological polar surface area (TPSA) is 108 Å². The van der Waals surface area contributed by atoms with Crippen molar-refractivity contribution in [2.45, 2.75) is 19.8 Å². The van der Waals surface area contributed by atoms with Gasteiger partial charge >= 0.3 is 6.03 Å². The van der Waals surface area contributed by atoms with E-state index < -0.39 is 0 Å². The molecular weight excluding hydrogens is 372 g/mol. The molecule has 29 heavy (non-hydrogen) atoms. The fraction of sp³-hybridized carbons (Fsp3) is 0.238. The van der Waals surface area contributed by atoms with Crippen LogP contribution in [0, 0.1) is 6.92 Å². The van der Waals surface area contributed by atoms with Crippen molar-refractivity contribution in [3.63, 3.8) is 0 Å². The smallest absolute Gasteiger partial charge is 0.318 e. The van der Waals surface area contributed by atoms with E-state index >= 15 is 0 Å². The molecule has 1 aliphatic heterocycles. The number of aryl methyl sites for hydroxylation is 1. The molecule has 3 rings (SSSR count). The number of urea groups is 1. The standard InChI is InChI=1S/C21H22N4O4/c1-13-5-10-16-17(12-13)20(28)25(19(16)27)11-3-4-18(26)23-14-6-8-15(9-7-14)24-21(29)22-2/h5-10,12H,3-4,11H2,1-2H3,(H,23,26)(H2,22,24,29). The Morgan fingerprint density at radius 3 is 2.17 bits per heavy atom. The van der Waals surface area contributed by atoms with Gasteiger partial charge in [0.1, 0.15) is 0 Å². The molecule has 1 heterocycles. The molecule has 0 radical (unpaired) electrons. The molecule has 1 aliphatic rings. The van der Waals surface area contributed by atoms with Crippen molar-refractivity contribution in [1.82, 2.24) is 10.2 Å². The summed E-state index contributed by atoms with van der Waals surface area (Å²) in [6.07, 6.45) is 0.539. The summed E-state index contributed by atoms with van der Waals surface area (Å²) in [5.74, 6) is -0.845. The minimum atomic E-state index is -0.329. The lowest BCUT2D eigenvalue weighted by Gasteiger charge is -2.13. The fourth-order valence-corrected chi connectivity index (χ4v) is 3.06. The highest BCUT2D eigenvalue weighted by atomic mass is 16.2. The summed E-state index contributed by atoms with van der Waals surface area (Å²) in [6, 6.07) is 11.6. The zero-order chi connectivity index (χ0) is 21.0. The second-order valence-electron chi connectivity index (χ2n) is 6.74. The van der Waals surface area contributed by atoms with E-state index in [2.05, 4.69) is 16.0 Å². The Hall–Kier alpha value is -3.68. The van der Waals surface area contributed by atoms with Crippen molar-refractivity contribution >= 4 is 35.1 Å². The first kappa shape index (κ1) is 20.1. The summed E-state index contributed by atoms with van der Waals surface area (Å²) >= 11 is 0. The van der Waals surface area contributed by atoms with Crippen LogP contribution >= 0.6 is 0 Å². The summed E-state index contributed by atoms with van der Waals surface area (Å²) in [7, 11) is 1.52. The van der Waals surface area contributed by atoms with Gasteiger partial charge in [0, 0.05) is 31.4 Å². The number of rotatable bonds is 6. The normalized spacial score (nSPS) is 12.6. The predicted molar refractivity (Wildman–Crippen MR) is 109 cm³/mol. The van der Waals surface area contributed by atoms with E-state index in [0.717, 1.165) is 5.56 Å². The molecule has 0 bridgehead atoms. The molecule has 8 heteroatoms. The summed E-state index contributed by atoms with van der Waals surface area (Å²) in [5, 5.41) is 7.83. The van der Waals surface area contributed by atoms with E-state index in [1.54, 1.807) is 42.5 Å². The number of nitrogens with zero attached hydrogens (tertiary/aromatic N) is 1. The molecule has 0 fully saturated rings. The Kier molecular flexibility index (Phi) is 5.92. The van der Waals surface area contributed by atoms with Crippen molar-refractivity contribution in [1.29, 1.82) is 0 Å². The van der Waals surface area contributed by atoms with Gasteiger partial charge in [-0.05, 0) is 49.7 Å². The van der Waals surface area contributed by atoms with Crippen molar-refractivity contribution < 1.29 is 19.2 Å². The highest BCUT2D eigenvalue weighted by Crippen LogP contribution is 2.24. The number of hydrogen-bond donors (Lipinski definition) is 3. The van der Waals surface area contributed by atoms with E-state index in [9.17, 15) is 19.2 Å². The Bertz CT molecular complexity index is 969. The molecule has 0 atom stereocenters. The highest BCUT2D eigenvalue weighted by Gasteiger charge is 2.34. The van der Waals surface area contributed by atoms with Gasteiger partial charge < -0.3 is 16.0 Å². The molecule has 150 valence electrons. The van der Waals surface area contributed by atoms with Crippen molar-refractivity contribution in [3.8, 4) is 0 Å². The quantitative estimate of drug-likeness (QED) is 0.655. The van der Waals surface area contributed by atoms with Crippen molar-refractivity contribution in [2.75, 3.05) is 24.2 Å². The SMILES string of the molecule is CNC(=O)Nc1ccc(NC(=O)CCCN2C(=O)c3ccc(C)cc3C2=O)cc1. The van der Waals surface area contributed by atoms with Crippen LogP contribution in [0.2, 0.25) is 0 Å². The number of fused-ring (bicyclic) bond motifs is 1. The van der Waals surface area contributed by atoms with Crippen LogP contribution in [0.1, 0.15) is 39.1 Å². The van der Waals surface area contributed by atoms with E-state index in [1.807, 2.05) is 6.92 Å². The van der Waals surface area contributed by atoms with Gasteiger partial charge in [-0.15, -0.1) is 0 Å². The predicted octanol–water partition coefficient (Wildman–Crippen LogP) is 2.76. The zero-order valence-electron chi connectivity index (χ0n) is 16.2. The van der Waals surface area contributed by atoms with Crippen LogP contribution in [-0.2, 0) is 4.79 Å². The van der Waals surface area contributed by atoms with Gasteiger partial charge in [-0.3, -0.25) is 19.3 Å². The molecule has 2 aromatic rings. The number of nitrogens with one attached hydrogen (secondary N) is 3. The van der Waals surface area contributed by atoms with Crippen molar-refractivity contribution in [3.05, 3.63) is 59.2 Å². The maximum atomic E-state index is 12.4. The summed E-state index contributed by atoms with van der Waals surface area (Å²) in [5.41, 5.74) is 2.94. The number of imide groups is 1. The molecule has 5 amide bonds. The van der Waals surface area contributed by atoms with Crippen LogP contribution in [0.4, 0.5) is 16.2 Å². The summed E-state index contributed by atoms with van der Waals surface area (Å²) in [6.45, 7) is 2.06. The number of anilines is 2. The minimum Gasteiger partial charge on any atom is -0.341 e. The molecule has 0 unspecified atom stereocenters. The van der Waals surface area contributed by atoms with Crippen LogP contribution in [0.15, 0.2) is 42.5 Å². The first-order valence-electron chi connectivity index (χ1n) is 9.24. The third-order valence-corrected chi connectivity index (χ3v) is 4.57. The molecule has 0 saturated heterocycles. The van der Waals surface area contributed by atoms with Gasteiger partial charge in [-0.25, -0.2) is 4.79 Å². The number of carbonyl (C=O) groups excluding carboxylic acids is 4. The van der Waals surface area contributed by atoms with E-state index in [-0.39, 0.29) is 36.7 Å². The molecule has 8 nitrogen and oxygen atoms in total. The van der Waals surface area contributed by atoms with Crippen LogP contribution in [0.5, 0.6) is 0 Å². The van der Waals surface area contributed by atoms with Crippen molar-refractivity contribution in [2.24, 2.45) is 0 Å². The monoisotopic (exact) mass is 394 g/mol. The molecule has 0 saturated carbocycles. The average Bonchev–Trinajstić information content (AvgIpc) is 2.93. The summed E-state index contributed by atoms with van der Waals surface area (Å²) in [4.78, 5) is 49.4. The number of benzene rings is 2. The maximum Gasteiger partial charge on any atom is 0.318 e. The first-order chi connectivity index (χ1) is 13.9. The highest BCUT2D eigenvalue weighted by molar-refractivity contribution is 6.21. The van der Waals surface area contributed by atoms with Crippen LogP contribution in [0.25, 0.3) is 0 Å². The Balaban J connectivity index is 1.49. The minimum absolute atomic E-state index is 0.171. The van der Waals surface area contributed by atoms with Gasteiger partial charge in [-0.2, -0.15) is 0 Å². The molecule has 0 spiro atoms. The largest absolute Gasteiger partial charge is 0.341 e. The Labute approximate surface area is 168 Å². The molecular formula is C21H22N4O4. The second kappa shape index (κ2) is 8.55. The summed E-state index contributed by atoms with van der Waals surface area (Å²) < 4.78 is 0. The van der Waals surface area contributed by atoms with Gasteiger partial charge in [0.15, 0.2) is 0 Å². The van der Waals surface area contributed by atoms with E-state index in [0.29, 0.717) is 28.9 Å². The lowest BCUT2D eigenvalue weighted by molar-refractivity contribution is -0.116. The first-order valence-corrected chi connectivity index (χ1v) is 9.24. The van der Waals surface area contributed by atoms with Crippen LogP contribution < -0.4 is 16.0 Å². The number of hydrogen-bond acceptors (Lipinski definition) is 4. The van der Waals surface area contributed by atoms with E-state index in [1.165, 1.54) is 11.9 Å². The lowest BCUT2D eigenvalue weighted by Crippen LogP contribution is -2.31. The third kappa shape index (κ3) is 4.60. The third-order valence-electron chi connectivity index (χ3n) is 4.57. The maximum absolute atomic E-state index is 12.4. The lowest BCUT2D eigenvalue weighted by atomic mass is 10.1. The average molecular weight is 394 g/mol. The van der Waals surface area contributed by atoms with E-state index in [4.69, 9.17) is 0 Å². The molecule has 2 aromatic carbocycles. The van der Waals surface area contributed by atoms with Gasteiger partial charge in [0.2, 0.25) is 5.91 Å².